The lowest BCUT2D eigenvalue weighted by Crippen LogP contribution is -2.41. The maximum absolute atomic E-state index is 12.3. The Kier molecular flexibility index (Phi) is 7.33. The molecule has 1 N–H and O–H groups in total. The highest BCUT2D eigenvalue weighted by Crippen LogP contribution is 2.15. The van der Waals surface area contributed by atoms with Crippen LogP contribution in [0.2, 0.25) is 0 Å². The van der Waals surface area contributed by atoms with Crippen molar-refractivity contribution in [2.24, 2.45) is 0 Å². The molecule has 0 saturated carbocycles. The highest BCUT2D eigenvalue weighted by molar-refractivity contribution is 5.93. The molecule has 0 bridgehead atoms. The second kappa shape index (κ2) is 10.1. The third-order valence-corrected chi connectivity index (χ3v) is 4.79. The molecule has 0 radical (unpaired) electrons. The number of anilines is 1. The van der Waals surface area contributed by atoms with E-state index >= 15 is 0 Å². The van der Waals surface area contributed by atoms with Gasteiger partial charge in [-0.2, -0.15) is 0 Å². The number of benzene rings is 1. The van der Waals surface area contributed by atoms with Crippen molar-refractivity contribution < 1.29 is 9.53 Å². The molecule has 28 heavy (non-hydrogen) atoms. The van der Waals surface area contributed by atoms with Crippen LogP contribution in [0.5, 0.6) is 0 Å². The van der Waals surface area contributed by atoms with Gasteiger partial charge < -0.3 is 15.0 Å². The Morgan fingerprint density at radius 1 is 1.18 bits per heavy atom. The number of amides is 1. The van der Waals surface area contributed by atoms with Crippen molar-refractivity contribution in [3.05, 3.63) is 53.9 Å². The van der Waals surface area contributed by atoms with Gasteiger partial charge in [-0.25, -0.2) is 9.97 Å². The van der Waals surface area contributed by atoms with Crippen molar-refractivity contribution in [3.8, 4) is 0 Å². The third kappa shape index (κ3) is 5.74. The van der Waals surface area contributed by atoms with Gasteiger partial charge in [0.2, 0.25) is 5.95 Å². The molecule has 0 spiro atoms. The number of morpholine rings is 1. The van der Waals surface area contributed by atoms with Gasteiger partial charge in [0.15, 0.2) is 0 Å². The van der Waals surface area contributed by atoms with E-state index in [1.54, 1.807) is 12.4 Å². The van der Waals surface area contributed by atoms with Crippen molar-refractivity contribution in [2.75, 3.05) is 44.3 Å². The average molecular weight is 383 g/mol. The fourth-order valence-electron chi connectivity index (χ4n) is 3.11. The molecule has 1 saturated heterocycles. The molecule has 1 aliphatic rings. The summed E-state index contributed by atoms with van der Waals surface area (Å²) in [5.74, 6) is 0.489. The van der Waals surface area contributed by atoms with Crippen LogP contribution < -0.4 is 10.2 Å². The zero-order chi connectivity index (χ0) is 19.8. The average Bonchev–Trinajstić information content (AvgIpc) is 2.73. The normalized spacial score (nSPS) is 14.8. The molecule has 3 rings (SSSR count). The van der Waals surface area contributed by atoms with Crippen LogP contribution in [-0.4, -0.2) is 66.2 Å². The van der Waals surface area contributed by atoms with Crippen LogP contribution >= 0.6 is 0 Å². The Morgan fingerprint density at radius 3 is 2.50 bits per heavy atom. The van der Waals surface area contributed by atoms with Gasteiger partial charge in [0.05, 0.1) is 18.8 Å². The fraction of sp³-hybridized carbons (Fsp3) is 0.476. The zero-order valence-electron chi connectivity index (χ0n) is 16.7. The maximum Gasteiger partial charge on any atom is 0.254 e. The SMILES string of the molecule is CC(C)N(Cc1ccccc1)c1ncc(C(=O)NCCN2CCOCC2)cn1. The van der Waals surface area contributed by atoms with Gasteiger partial charge in [-0.1, -0.05) is 30.3 Å². The highest BCUT2D eigenvalue weighted by Gasteiger charge is 2.16. The van der Waals surface area contributed by atoms with Crippen LogP contribution in [0, 0.1) is 0 Å². The first-order chi connectivity index (χ1) is 13.6. The van der Waals surface area contributed by atoms with Gasteiger partial charge in [0, 0.05) is 51.2 Å². The van der Waals surface area contributed by atoms with Crippen LogP contribution in [-0.2, 0) is 11.3 Å². The number of carbonyl (C=O) groups excluding carboxylic acids is 1. The van der Waals surface area contributed by atoms with Crippen LogP contribution in [0.1, 0.15) is 29.8 Å². The summed E-state index contributed by atoms with van der Waals surface area (Å²) in [5, 5.41) is 2.94. The fourth-order valence-corrected chi connectivity index (χ4v) is 3.11. The molecule has 1 aromatic heterocycles. The molecular formula is C21H29N5O2. The number of aromatic nitrogens is 2. The van der Waals surface area contributed by atoms with Gasteiger partial charge in [-0.15, -0.1) is 0 Å². The molecule has 2 aromatic rings. The Morgan fingerprint density at radius 2 is 1.86 bits per heavy atom. The predicted octanol–water partition coefficient (Wildman–Crippen LogP) is 1.95. The quantitative estimate of drug-likeness (QED) is 0.751. The minimum absolute atomic E-state index is 0.140. The van der Waals surface area contributed by atoms with Crippen LogP contribution in [0.4, 0.5) is 5.95 Å². The van der Waals surface area contributed by atoms with Gasteiger partial charge in [-0.3, -0.25) is 9.69 Å². The Hall–Kier alpha value is -2.51. The number of nitrogens with one attached hydrogen (secondary N) is 1. The largest absolute Gasteiger partial charge is 0.379 e. The van der Waals surface area contributed by atoms with E-state index in [4.69, 9.17) is 4.74 Å². The summed E-state index contributed by atoms with van der Waals surface area (Å²) in [6.45, 7) is 9.73. The predicted molar refractivity (Wildman–Crippen MR) is 109 cm³/mol. The lowest BCUT2D eigenvalue weighted by atomic mass is 10.2. The van der Waals surface area contributed by atoms with E-state index in [-0.39, 0.29) is 11.9 Å². The molecule has 7 nitrogen and oxygen atoms in total. The second-order valence-corrected chi connectivity index (χ2v) is 7.19. The number of carbonyl (C=O) groups is 1. The highest BCUT2D eigenvalue weighted by atomic mass is 16.5. The lowest BCUT2D eigenvalue weighted by Gasteiger charge is -2.27. The van der Waals surface area contributed by atoms with E-state index in [1.165, 1.54) is 5.56 Å². The first kappa shape index (κ1) is 20.2. The summed E-state index contributed by atoms with van der Waals surface area (Å²) in [4.78, 5) is 25.6. The summed E-state index contributed by atoms with van der Waals surface area (Å²) >= 11 is 0. The van der Waals surface area contributed by atoms with E-state index in [9.17, 15) is 4.79 Å². The molecule has 1 amide bonds. The van der Waals surface area contributed by atoms with E-state index in [1.807, 2.05) is 18.2 Å². The maximum atomic E-state index is 12.3. The van der Waals surface area contributed by atoms with Crippen molar-refractivity contribution >= 4 is 11.9 Å². The summed E-state index contributed by atoms with van der Waals surface area (Å²) in [7, 11) is 0. The molecule has 2 heterocycles. The topological polar surface area (TPSA) is 70.6 Å². The number of nitrogens with zero attached hydrogens (tertiary/aromatic N) is 4. The second-order valence-electron chi connectivity index (χ2n) is 7.19. The summed E-state index contributed by atoms with van der Waals surface area (Å²) in [6, 6.07) is 10.5. The van der Waals surface area contributed by atoms with Crippen LogP contribution in [0.15, 0.2) is 42.7 Å². The molecular weight excluding hydrogens is 354 g/mol. The van der Waals surface area contributed by atoms with Gasteiger partial charge in [0.25, 0.3) is 5.91 Å². The smallest absolute Gasteiger partial charge is 0.254 e. The number of ether oxygens (including phenoxy) is 1. The zero-order valence-corrected chi connectivity index (χ0v) is 16.7. The number of hydrogen-bond acceptors (Lipinski definition) is 6. The van der Waals surface area contributed by atoms with E-state index in [0.717, 1.165) is 39.4 Å². The lowest BCUT2D eigenvalue weighted by molar-refractivity contribution is 0.0383. The monoisotopic (exact) mass is 383 g/mol. The third-order valence-electron chi connectivity index (χ3n) is 4.79. The van der Waals surface area contributed by atoms with E-state index < -0.39 is 0 Å². The molecule has 0 atom stereocenters. The number of hydrogen-bond donors (Lipinski definition) is 1. The van der Waals surface area contributed by atoms with Crippen molar-refractivity contribution in [1.82, 2.24) is 20.2 Å². The summed E-state index contributed by atoms with van der Waals surface area (Å²) in [5.41, 5.74) is 1.68. The van der Waals surface area contributed by atoms with Crippen molar-refractivity contribution in [1.29, 1.82) is 0 Å². The number of rotatable bonds is 8. The first-order valence-electron chi connectivity index (χ1n) is 9.84. The van der Waals surface area contributed by atoms with E-state index in [0.29, 0.717) is 18.1 Å². The van der Waals surface area contributed by atoms with Crippen molar-refractivity contribution in [2.45, 2.75) is 26.4 Å². The van der Waals surface area contributed by atoms with Crippen molar-refractivity contribution in [3.63, 3.8) is 0 Å². The molecule has 1 fully saturated rings. The minimum atomic E-state index is -0.140. The summed E-state index contributed by atoms with van der Waals surface area (Å²) in [6.07, 6.45) is 3.21. The molecule has 1 aliphatic heterocycles. The Bertz CT molecular complexity index is 730. The van der Waals surface area contributed by atoms with Crippen LogP contribution in [0.25, 0.3) is 0 Å². The molecule has 1 aromatic carbocycles. The molecule has 0 aliphatic carbocycles. The van der Waals surface area contributed by atoms with Gasteiger partial charge in [0.1, 0.15) is 0 Å². The van der Waals surface area contributed by atoms with Gasteiger partial charge >= 0.3 is 0 Å². The van der Waals surface area contributed by atoms with Gasteiger partial charge in [-0.05, 0) is 19.4 Å². The standard InChI is InChI=1S/C21H29N5O2/c1-17(2)26(16-18-6-4-3-5-7-18)21-23-14-19(15-24-21)20(27)22-8-9-25-10-12-28-13-11-25/h3-7,14-15,17H,8-13,16H2,1-2H3,(H,22,27). The molecule has 7 heteroatoms. The Balaban J connectivity index is 1.55. The summed E-state index contributed by atoms with van der Waals surface area (Å²) < 4.78 is 5.33. The first-order valence-corrected chi connectivity index (χ1v) is 9.84. The molecule has 150 valence electrons. The minimum Gasteiger partial charge on any atom is -0.379 e. The molecule has 0 unspecified atom stereocenters. The van der Waals surface area contributed by atoms with E-state index in [2.05, 4.69) is 51.1 Å². The van der Waals surface area contributed by atoms with Crippen LogP contribution in [0.3, 0.4) is 0 Å². The Labute approximate surface area is 166 Å².